The average molecular weight is 241 g/mol. The van der Waals surface area contributed by atoms with Gasteiger partial charge in [0.25, 0.3) is 0 Å². The fraction of sp³-hybridized carbons (Fsp3) is 0.333. The highest BCUT2D eigenvalue weighted by atomic mass is 35.5. The summed E-state index contributed by atoms with van der Waals surface area (Å²) in [5, 5.41) is 0. The molecule has 0 bridgehead atoms. The smallest absolute Gasteiger partial charge is 0.316 e. The summed E-state index contributed by atoms with van der Waals surface area (Å²) in [6, 6.07) is 9.30. The molecule has 0 heterocycles. The Kier molecular flexibility index (Phi) is 4.99. The maximum absolute atomic E-state index is 11.5. The van der Waals surface area contributed by atoms with E-state index in [2.05, 4.69) is 4.74 Å². The van der Waals surface area contributed by atoms with Crippen LogP contribution >= 0.6 is 11.6 Å². The normalized spacial score (nSPS) is 11.9. The van der Waals surface area contributed by atoms with Crippen molar-refractivity contribution in [3.05, 3.63) is 35.9 Å². The van der Waals surface area contributed by atoms with Gasteiger partial charge in [0.15, 0.2) is 5.78 Å². The van der Waals surface area contributed by atoms with Crippen LogP contribution in [0.3, 0.4) is 0 Å². The Morgan fingerprint density at radius 3 is 2.44 bits per heavy atom. The summed E-state index contributed by atoms with van der Waals surface area (Å²) in [6.07, 6.45) is 0.332. The molecule has 0 spiro atoms. The number of carbonyl (C=O) groups is 2. The van der Waals surface area contributed by atoms with Crippen molar-refractivity contribution in [2.24, 2.45) is 5.92 Å². The summed E-state index contributed by atoms with van der Waals surface area (Å²) in [6.45, 7) is 0. The zero-order chi connectivity index (χ0) is 12.0. The van der Waals surface area contributed by atoms with E-state index in [-0.39, 0.29) is 11.7 Å². The Hall–Kier alpha value is -1.35. The van der Waals surface area contributed by atoms with Crippen LogP contribution in [0.25, 0.3) is 0 Å². The Labute approximate surface area is 99.4 Å². The molecule has 1 atom stereocenters. The van der Waals surface area contributed by atoms with Gasteiger partial charge in [0.05, 0.1) is 13.0 Å². The lowest BCUT2D eigenvalue weighted by atomic mass is 9.96. The minimum Gasteiger partial charge on any atom is -0.468 e. The summed E-state index contributed by atoms with van der Waals surface area (Å²) >= 11 is 5.46. The van der Waals surface area contributed by atoms with E-state index in [1.807, 2.05) is 30.3 Å². The Bertz CT molecular complexity index is 346. The minimum absolute atomic E-state index is 0.174. The van der Waals surface area contributed by atoms with E-state index in [1.54, 1.807) is 0 Å². The zero-order valence-corrected chi connectivity index (χ0v) is 9.74. The average Bonchev–Trinajstić information content (AvgIpc) is 2.35. The van der Waals surface area contributed by atoms with E-state index in [0.717, 1.165) is 5.56 Å². The lowest BCUT2D eigenvalue weighted by molar-refractivity contribution is -0.148. The maximum Gasteiger partial charge on any atom is 0.316 e. The highest BCUT2D eigenvalue weighted by molar-refractivity contribution is 6.29. The van der Waals surface area contributed by atoms with Crippen molar-refractivity contribution in [1.29, 1.82) is 0 Å². The summed E-state index contributed by atoms with van der Waals surface area (Å²) < 4.78 is 4.59. The van der Waals surface area contributed by atoms with Gasteiger partial charge in [-0.15, -0.1) is 11.6 Å². The van der Waals surface area contributed by atoms with E-state index in [9.17, 15) is 9.59 Å². The molecule has 0 amide bonds. The third-order valence-corrected chi connectivity index (χ3v) is 2.55. The molecule has 0 saturated heterocycles. The van der Waals surface area contributed by atoms with Gasteiger partial charge in [0.2, 0.25) is 0 Å². The number of halogens is 1. The van der Waals surface area contributed by atoms with Crippen LogP contribution in [0.5, 0.6) is 0 Å². The van der Waals surface area contributed by atoms with Crippen LogP contribution in [0.15, 0.2) is 30.3 Å². The fourth-order valence-corrected chi connectivity index (χ4v) is 1.60. The molecular formula is C12H13ClO3. The predicted molar refractivity (Wildman–Crippen MR) is 61.4 cm³/mol. The quantitative estimate of drug-likeness (QED) is 0.448. The van der Waals surface area contributed by atoms with Gasteiger partial charge in [-0.25, -0.2) is 0 Å². The van der Waals surface area contributed by atoms with E-state index in [1.165, 1.54) is 7.11 Å². The molecule has 86 valence electrons. The lowest BCUT2D eigenvalue weighted by Gasteiger charge is -2.11. The van der Waals surface area contributed by atoms with E-state index in [4.69, 9.17) is 11.6 Å². The van der Waals surface area contributed by atoms with Crippen molar-refractivity contribution < 1.29 is 14.3 Å². The van der Waals surface area contributed by atoms with Crippen LogP contribution in [0.2, 0.25) is 0 Å². The molecule has 4 heteroatoms. The van der Waals surface area contributed by atoms with Crippen molar-refractivity contribution in [3.8, 4) is 0 Å². The molecule has 0 aliphatic rings. The summed E-state index contributed by atoms with van der Waals surface area (Å²) in [4.78, 5) is 22.9. The second-order valence-corrected chi connectivity index (χ2v) is 3.63. The molecule has 0 N–H and O–H groups in total. The molecule has 0 aliphatic carbocycles. The highest BCUT2D eigenvalue weighted by Gasteiger charge is 2.26. The summed E-state index contributed by atoms with van der Waals surface area (Å²) in [5.74, 6) is -1.82. The van der Waals surface area contributed by atoms with Crippen LogP contribution in [-0.2, 0) is 20.7 Å². The number of ether oxygens (including phenoxy) is 1. The third kappa shape index (κ3) is 3.35. The third-order valence-electron chi connectivity index (χ3n) is 2.29. The Balaban J connectivity index is 2.79. The molecule has 0 saturated carbocycles. The number of rotatable bonds is 5. The van der Waals surface area contributed by atoms with Crippen LogP contribution < -0.4 is 0 Å². The monoisotopic (exact) mass is 240 g/mol. The van der Waals surface area contributed by atoms with Gasteiger partial charge in [-0.1, -0.05) is 30.3 Å². The SMILES string of the molecule is COC(=O)C(Cc1ccccc1)C(=O)CCl. The van der Waals surface area contributed by atoms with Crippen molar-refractivity contribution in [3.63, 3.8) is 0 Å². The second-order valence-electron chi connectivity index (χ2n) is 3.37. The highest BCUT2D eigenvalue weighted by Crippen LogP contribution is 2.12. The van der Waals surface area contributed by atoms with Crippen LogP contribution in [0, 0.1) is 5.92 Å². The number of hydrogen-bond donors (Lipinski definition) is 0. The van der Waals surface area contributed by atoms with Gasteiger partial charge in [-0.3, -0.25) is 9.59 Å². The Morgan fingerprint density at radius 1 is 1.31 bits per heavy atom. The summed E-state index contributed by atoms with van der Waals surface area (Å²) in [5.41, 5.74) is 0.913. The maximum atomic E-state index is 11.5. The molecule has 1 unspecified atom stereocenters. The Morgan fingerprint density at radius 2 is 1.94 bits per heavy atom. The molecule has 16 heavy (non-hydrogen) atoms. The first-order chi connectivity index (χ1) is 7.69. The number of methoxy groups -OCH3 is 1. The van der Waals surface area contributed by atoms with Crippen LogP contribution in [0.4, 0.5) is 0 Å². The first-order valence-corrected chi connectivity index (χ1v) is 5.43. The lowest BCUT2D eigenvalue weighted by Crippen LogP contribution is -2.28. The standard InChI is InChI=1S/C12H13ClO3/c1-16-12(15)10(11(14)8-13)7-9-5-3-2-4-6-9/h2-6,10H,7-8H2,1H3. The molecule has 0 fully saturated rings. The number of esters is 1. The molecule has 3 nitrogen and oxygen atoms in total. The van der Waals surface area contributed by atoms with E-state index >= 15 is 0 Å². The fourth-order valence-electron chi connectivity index (χ4n) is 1.41. The summed E-state index contributed by atoms with van der Waals surface area (Å²) in [7, 11) is 1.27. The van der Waals surface area contributed by atoms with Crippen molar-refractivity contribution >= 4 is 23.4 Å². The van der Waals surface area contributed by atoms with Gasteiger partial charge in [0.1, 0.15) is 5.92 Å². The van der Waals surface area contributed by atoms with E-state index in [0.29, 0.717) is 6.42 Å². The second kappa shape index (κ2) is 6.28. The number of carbonyl (C=O) groups excluding carboxylic acids is 2. The van der Waals surface area contributed by atoms with Crippen molar-refractivity contribution in [2.45, 2.75) is 6.42 Å². The van der Waals surface area contributed by atoms with Gasteiger partial charge < -0.3 is 4.74 Å². The molecule has 1 aromatic carbocycles. The molecular weight excluding hydrogens is 228 g/mol. The predicted octanol–water partition coefficient (Wildman–Crippen LogP) is 1.83. The molecule has 1 rings (SSSR count). The van der Waals surface area contributed by atoms with Gasteiger partial charge >= 0.3 is 5.97 Å². The van der Waals surface area contributed by atoms with Crippen molar-refractivity contribution in [1.82, 2.24) is 0 Å². The topological polar surface area (TPSA) is 43.4 Å². The number of ketones is 1. The number of alkyl halides is 1. The van der Waals surface area contributed by atoms with Crippen LogP contribution in [-0.4, -0.2) is 24.7 Å². The number of benzene rings is 1. The van der Waals surface area contributed by atoms with Gasteiger partial charge in [-0.05, 0) is 12.0 Å². The molecule has 0 aliphatic heterocycles. The zero-order valence-electron chi connectivity index (χ0n) is 8.98. The number of hydrogen-bond acceptors (Lipinski definition) is 3. The molecule has 0 aromatic heterocycles. The van der Waals surface area contributed by atoms with Gasteiger partial charge in [-0.2, -0.15) is 0 Å². The van der Waals surface area contributed by atoms with Gasteiger partial charge in [0, 0.05) is 0 Å². The minimum atomic E-state index is -0.801. The largest absolute Gasteiger partial charge is 0.468 e. The molecule has 0 radical (unpaired) electrons. The van der Waals surface area contributed by atoms with Crippen LogP contribution in [0.1, 0.15) is 5.56 Å². The van der Waals surface area contributed by atoms with Crippen molar-refractivity contribution in [2.75, 3.05) is 13.0 Å². The van der Waals surface area contributed by atoms with E-state index < -0.39 is 11.9 Å². The molecule has 1 aromatic rings. The number of Topliss-reactive ketones (excluding diaryl/α,β-unsaturated/α-hetero) is 1. The first kappa shape index (κ1) is 12.7. The first-order valence-electron chi connectivity index (χ1n) is 4.89.